The number of furan rings is 1. The average Bonchev–Trinajstić information content (AvgIpc) is 3.47. The van der Waals surface area contributed by atoms with Crippen molar-refractivity contribution in [2.45, 2.75) is 19.9 Å². The summed E-state index contributed by atoms with van der Waals surface area (Å²) in [6.07, 6.45) is 1.47. The molecule has 3 aromatic rings. The lowest BCUT2D eigenvalue weighted by molar-refractivity contribution is -0.132. The number of Topliss-reactive ketones (excluding diaryl/α,β-unsaturated/α-hetero) is 1. The first kappa shape index (κ1) is 19.0. The van der Waals surface area contributed by atoms with Crippen LogP contribution in [-0.4, -0.2) is 23.6 Å². The summed E-state index contributed by atoms with van der Waals surface area (Å²) < 4.78 is 16.3. The van der Waals surface area contributed by atoms with Gasteiger partial charge in [-0.1, -0.05) is 6.07 Å². The summed E-state index contributed by atoms with van der Waals surface area (Å²) in [6, 6.07) is 12.9. The number of benzene rings is 2. The van der Waals surface area contributed by atoms with Gasteiger partial charge in [0.25, 0.3) is 11.7 Å². The SMILES string of the molecule is Cc1cc(C)cc(N2C(=O)C(=O)/C(=C(\O)c3ccc4c(c3)OCO4)C2c2ccco2)c1. The lowest BCUT2D eigenvalue weighted by Crippen LogP contribution is -2.29. The van der Waals surface area contributed by atoms with E-state index < -0.39 is 17.7 Å². The van der Waals surface area contributed by atoms with Gasteiger partial charge < -0.3 is 19.0 Å². The minimum Gasteiger partial charge on any atom is -0.507 e. The van der Waals surface area contributed by atoms with Crippen LogP contribution >= 0.6 is 0 Å². The second kappa shape index (κ2) is 7.05. The van der Waals surface area contributed by atoms with Crippen molar-refractivity contribution in [3.63, 3.8) is 0 Å². The van der Waals surface area contributed by atoms with Crippen molar-refractivity contribution < 1.29 is 28.6 Å². The molecule has 1 amide bonds. The Hall–Kier alpha value is -4.00. The van der Waals surface area contributed by atoms with E-state index in [2.05, 4.69) is 0 Å². The average molecular weight is 417 g/mol. The third-order valence-corrected chi connectivity index (χ3v) is 5.39. The molecule has 1 fully saturated rings. The van der Waals surface area contributed by atoms with E-state index in [0.717, 1.165) is 11.1 Å². The van der Waals surface area contributed by atoms with E-state index in [4.69, 9.17) is 13.9 Å². The van der Waals surface area contributed by atoms with E-state index in [1.54, 1.807) is 30.3 Å². The number of hydrogen-bond acceptors (Lipinski definition) is 6. The molecule has 2 aliphatic heterocycles. The Bertz CT molecular complexity index is 1220. The van der Waals surface area contributed by atoms with E-state index in [0.29, 0.717) is 28.5 Å². The molecule has 1 unspecified atom stereocenters. The van der Waals surface area contributed by atoms with Crippen LogP contribution < -0.4 is 14.4 Å². The lowest BCUT2D eigenvalue weighted by Gasteiger charge is -2.24. The quantitative estimate of drug-likeness (QED) is 0.389. The van der Waals surface area contributed by atoms with Crippen LogP contribution in [0.15, 0.2) is 64.8 Å². The van der Waals surface area contributed by atoms with Crippen LogP contribution in [0.3, 0.4) is 0 Å². The first-order valence-electron chi connectivity index (χ1n) is 9.77. The third-order valence-electron chi connectivity index (χ3n) is 5.39. The fraction of sp³-hybridized carbons (Fsp3) is 0.167. The van der Waals surface area contributed by atoms with Crippen molar-refractivity contribution in [2.24, 2.45) is 0 Å². The fourth-order valence-electron chi connectivity index (χ4n) is 4.10. The van der Waals surface area contributed by atoms with E-state index in [1.807, 2.05) is 32.0 Å². The molecule has 1 N–H and O–H groups in total. The minimum atomic E-state index is -0.901. The van der Waals surface area contributed by atoms with Gasteiger partial charge in [-0.25, -0.2) is 0 Å². The van der Waals surface area contributed by atoms with Crippen LogP contribution in [-0.2, 0) is 9.59 Å². The summed E-state index contributed by atoms with van der Waals surface area (Å²) in [4.78, 5) is 27.6. The maximum atomic E-state index is 13.1. The molecule has 2 aromatic carbocycles. The molecule has 0 bridgehead atoms. The minimum absolute atomic E-state index is 0.0435. The summed E-state index contributed by atoms with van der Waals surface area (Å²) in [5.74, 6) is -0.424. The number of fused-ring (bicyclic) bond motifs is 1. The van der Waals surface area contributed by atoms with Crippen LogP contribution in [0.1, 0.15) is 28.5 Å². The van der Waals surface area contributed by atoms with Crippen molar-refractivity contribution >= 4 is 23.1 Å². The molecular formula is C24H19NO6. The molecule has 0 aliphatic carbocycles. The number of rotatable bonds is 3. The Labute approximate surface area is 178 Å². The van der Waals surface area contributed by atoms with Gasteiger partial charge in [-0.05, 0) is 67.4 Å². The second-order valence-corrected chi connectivity index (χ2v) is 7.60. The standard InChI is InChI=1S/C24H19NO6/c1-13-8-14(2)10-16(9-13)25-21(18-4-3-7-29-18)20(23(27)24(25)28)22(26)15-5-6-17-19(11-15)31-12-30-17/h3-11,21,26H,12H2,1-2H3/b22-20-. The van der Waals surface area contributed by atoms with Crippen LogP contribution in [0.4, 0.5) is 5.69 Å². The molecule has 0 radical (unpaired) electrons. The summed E-state index contributed by atoms with van der Waals surface area (Å²) >= 11 is 0. The number of hydrogen-bond donors (Lipinski definition) is 1. The number of aryl methyl sites for hydroxylation is 2. The molecule has 3 heterocycles. The van der Waals surface area contributed by atoms with Gasteiger partial charge in [0.2, 0.25) is 6.79 Å². The number of aliphatic hydroxyl groups is 1. The first-order valence-corrected chi connectivity index (χ1v) is 9.77. The molecule has 0 saturated carbocycles. The molecule has 0 spiro atoms. The number of ether oxygens (including phenoxy) is 2. The van der Waals surface area contributed by atoms with E-state index in [9.17, 15) is 14.7 Å². The highest BCUT2D eigenvalue weighted by atomic mass is 16.7. The Balaban J connectivity index is 1.70. The molecule has 1 saturated heterocycles. The summed E-state index contributed by atoms with van der Waals surface area (Å²) in [5, 5.41) is 11.1. The van der Waals surface area contributed by atoms with E-state index >= 15 is 0 Å². The molecule has 1 atom stereocenters. The highest BCUT2D eigenvalue weighted by Crippen LogP contribution is 2.43. The predicted octanol–water partition coefficient (Wildman–Crippen LogP) is 4.25. The topological polar surface area (TPSA) is 89.2 Å². The maximum Gasteiger partial charge on any atom is 0.300 e. The van der Waals surface area contributed by atoms with Crippen LogP contribution in [0.25, 0.3) is 5.76 Å². The second-order valence-electron chi connectivity index (χ2n) is 7.60. The zero-order valence-electron chi connectivity index (χ0n) is 16.9. The Morgan fingerprint density at radius 2 is 1.74 bits per heavy atom. The molecule has 2 aliphatic rings. The van der Waals surface area contributed by atoms with Gasteiger partial charge in [0, 0.05) is 11.3 Å². The smallest absolute Gasteiger partial charge is 0.300 e. The largest absolute Gasteiger partial charge is 0.507 e. The Morgan fingerprint density at radius 3 is 2.45 bits per heavy atom. The van der Waals surface area contributed by atoms with Gasteiger partial charge in [0.15, 0.2) is 11.5 Å². The number of aliphatic hydroxyl groups excluding tert-OH is 1. The normalized spacial score (nSPS) is 19.3. The number of ketones is 1. The van der Waals surface area contributed by atoms with Gasteiger partial charge in [-0.2, -0.15) is 0 Å². The van der Waals surface area contributed by atoms with Gasteiger partial charge in [0.05, 0.1) is 11.8 Å². The van der Waals surface area contributed by atoms with E-state index in [-0.39, 0.29) is 18.1 Å². The lowest BCUT2D eigenvalue weighted by atomic mass is 9.98. The molecular weight excluding hydrogens is 398 g/mol. The zero-order valence-corrected chi connectivity index (χ0v) is 16.9. The molecule has 5 rings (SSSR count). The molecule has 7 heteroatoms. The number of nitrogens with zero attached hydrogens (tertiary/aromatic N) is 1. The van der Waals surface area contributed by atoms with Gasteiger partial charge in [-0.15, -0.1) is 0 Å². The molecule has 156 valence electrons. The van der Waals surface area contributed by atoms with Crippen molar-refractivity contribution in [1.29, 1.82) is 0 Å². The number of carbonyl (C=O) groups is 2. The molecule has 1 aromatic heterocycles. The van der Waals surface area contributed by atoms with Gasteiger partial charge in [0.1, 0.15) is 17.6 Å². The summed E-state index contributed by atoms with van der Waals surface area (Å²) in [6.45, 7) is 3.92. The maximum absolute atomic E-state index is 13.1. The number of amides is 1. The summed E-state index contributed by atoms with van der Waals surface area (Å²) in [5.41, 5.74) is 2.76. The predicted molar refractivity (Wildman–Crippen MR) is 112 cm³/mol. The van der Waals surface area contributed by atoms with Crippen molar-refractivity contribution in [3.05, 3.63) is 82.8 Å². The van der Waals surface area contributed by atoms with Crippen LogP contribution in [0.2, 0.25) is 0 Å². The fourth-order valence-corrected chi connectivity index (χ4v) is 4.10. The van der Waals surface area contributed by atoms with Crippen molar-refractivity contribution in [2.75, 3.05) is 11.7 Å². The monoisotopic (exact) mass is 417 g/mol. The highest BCUT2D eigenvalue weighted by Gasteiger charge is 2.48. The Kier molecular flexibility index (Phi) is 4.32. The highest BCUT2D eigenvalue weighted by molar-refractivity contribution is 6.51. The van der Waals surface area contributed by atoms with Gasteiger partial charge >= 0.3 is 0 Å². The van der Waals surface area contributed by atoms with Gasteiger partial charge in [-0.3, -0.25) is 14.5 Å². The Morgan fingerprint density at radius 1 is 1.00 bits per heavy atom. The zero-order chi connectivity index (χ0) is 21.7. The number of anilines is 1. The molecule has 7 nitrogen and oxygen atoms in total. The van der Waals surface area contributed by atoms with E-state index in [1.165, 1.54) is 11.2 Å². The van der Waals surface area contributed by atoms with Crippen molar-refractivity contribution in [3.8, 4) is 11.5 Å². The first-order chi connectivity index (χ1) is 14.9. The van der Waals surface area contributed by atoms with Crippen LogP contribution in [0.5, 0.6) is 11.5 Å². The molecule has 31 heavy (non-hydrogen) atoms. The van der Waals surface area contributed by atoms with Crippen LogP contribution in [0, 0.1) is 13.8 Å². The van der Waals surface area contributed by atoms with Crippen molar-refractivity contribution in [1.82, 2.24) is 0 Å². The summed E-state index contributed by atoms with van der Waals surface area (Å²) in [7, 11) is 0. The third kappa shape index (κ3) is 3.06. The number of carbonyl (C=O) groups excluding carboxylic acids is 2.